The van der Waals surface area contributed by atoms with E-state index in [1.807, 2.05) is 38.2 Å². The molecule has 3 heteroatoms. The van der Waals surface area contributed by atoms with Gasteiger partial charge in [0.1, 0.15) is 11.6 Å². The summed E-state index contributed by atoms with van der Waals surface area (Å²) in [6, 6.07) is 11.3. The lowest BCUT2D eigenvalue weighted by atomic mass is 9.95. The Balaban J connectivity index is 2.49. The van der Waals surface area contributed by atoms with Gasteiger partial charge in [-0.25, -0.2) is 4.39 Å². The molecule has 20 heavy (non-hydrogen) atoms. The first-order valence-corrected chi connectivity index (χ1v) is 6.64. The molecule has 106 valence electrons. The minimum atomic E-state index is -0.181. The van der Waals surface area contributed by atoms with Gasteiger partial charge in [-0.2, -0.15) is 0 Å². The zero-order valence-electron chi connectivity index (χ0n) is 12.3. The Bertz CT molecular complexity index is 610. The molecule has 0 bridgehead atoms. The van der Waals surface area contributed by atoms with E-state index in [4.69, 9.17) is 4.74 Å². The van der Waals surface area contributed by atoms with E-state index >= 15 is 0 Å². The molecule has 2 aromatic rings. The minimum Gasteiger partial charge on any atom is -0.496 e. The van der Waals surface area contributed by atoms with Crippen molar-refractivity contribution >= 4 is 0 Å². The van der Waals surface area contributed by atoms with Crippen molar-refractivity contribution < 1.29 is 9.13 Å². The molecule has 2 nitrogen and oxygen atoms in total. The van der Waals surface area contributed by atoms with E-state index in [2.05, 4.69) is 11.4 Å². The average Bonchev–Trinajstić information content (AvgIpc) is 2.44. The highest BCUT2D eigenvalue weighted by molar-refractivity contribution is 5.44. The van der Waals surface area contributed by atoms with Gasteiger partial charge in [0.05, 0.1) is 13.2 Å². The quantitative estimate of drug-likeness (QED) is 0.915. The molecule has 2 rings (SSSR count). The SMILES string of the molecule is CNC(c1ccc(F)c(C)c1)c1ccc(C)cc1OC. The highest BCUT2D eigenvalue weighted by Crippen LogP contribution is 2.31. The Kier molecular flexibility index (Phi) is 4.40. The lowest BCUT2D eigenvalue weighted by Crippen LogP contribution is -2.18. The van der Waals surface area contributed by atoms with Gasteiger partial charge in [-0.05, 0) is 49.7 Å². The zero-order chi connectivity index (χ0) is 14.7. The molecular formula is C17H20FNO. The van der Waals surface area contributed by atoms with E-state index in [0.717, 1.165) is 22.4 Å². The molecule has 0 amide bonds. The molecule has 1 atom stereocenters. The lowest BCUT2D eigenvalue weighted by molar-refractivity contribution is 0.405. The maximum atomic E-state index is 13.4. The second-order valence-corrected chi connectivity index (χ2v) is 4.98. The first kappa shape index (κ1) is 14.5. The van der Waals surface area contributed by atoms with Crippen LogP contribution in [0.2, 0.25) is 0 Å². The molecule has 2 aromatic carbocycles. The summed E-state index contributed by atoms with van der Waals surface area (Å²) in [5.41, 5.74) is 3.87. The normalized spacial score (nSPS) is 12.2. The molecule has 0 radical (unpaired) electrons. The van der Waals surface area contributed by atoms with Gasteiger partial charge in [-0.15, -0.1) is 0 Å². The topological polar surface area (TPSA) is 21.3 Å². The van der Waals surface area contributed by atoms with Gasteiger partial charge in [-0.1, -0.05) is 24.3 Å². The van der Waals surface area contributed by atoms with Crippen LogP contribution in [0.15, 0.2) is 36.4 Å². The third-order valence-electron chi connectivity index (χ3n) is 3.50. The van der Waals surface area contributed by atoms with Crippen LogP contribution < -0.4 is 10.1 Å². The molecule has 0 saturated heterocycles. The van der Waals surface area contributed by atoms with Gasteiger partial charge < -0.3 is 10.1 Å². The van der Waals surface area contributed by atoms with Crippen molar-refractivity contribution in [2.75, 3.05) is 14.2 Å². The fourth-order valence-electron chi connectivity index (χ4n) is 2.41. The van der Waals surface area contributed by atoms with Gasteiger partial charge >= 0.3 is 0 Å². The number of hydrogen-bond donors (Lipinski definition) is 1. The second kappa shape index (κ2) is 6.06. The predicted molar refractivity (Wildman–Crippen MR) is 79.8 cm³/mol. The van der Waals surface area contributed by atoms with Crippen molar-refractivity contribution in [2.24, 2.45) is 0 Å². The maximum absolute atomic E-state index is 13.4. The van der Waals surface area contributed by atoms with Crippen LogP contribution in [-0.4, -0.2) is 14.2 Å². The van der Waals surface area contributed by atoms with E-state index in [0.29, 0.717) is 5.56 Å². The average molecular weight is 273 g/mol. The van der Waals surface area contributed by atoms with E-state index in [-0.39, 0.29) is 11.9 Å². The van der Waals surface area contributed by atoms with Crippen LogP contribution >= 0.6 is 0 Å². The van der Waals surface area contributed by atoms with Crippen molar-refractivity contribution in [3.63, 3.8) is 0 Å². The number of nitrogens with one attached hydrogen (secondary N) is 1. The van der Waals surface area contributed by atoms with E-state index in [1.54, 1.807) is 14.0 Å². The Morgan fingerprint density at radius 2 is 1.85 bits per heavy atom. The van der Waals surface area contributed by atoms with Gasteiger partial charge in [-0.3, -0.25) is 0 Å². The van der Waals surface area contributed by atoms with Crippen molar-refractivity contribution in [3.05, 3.63) is 64.5 Å². The van der Waals surface area contributed by atoms with Crippen LogP contribution in [0, 0.1) is 19.7 Å². The number of halogens is 1. The molecule has 0 saturated carbocycles. The fraction of sp³-hybridized carbons (Fsp3) is 0.294. The molecule has 0 aliphatic carbocycles. The van der Waals surface area contributed by atoms with Gasteiger partial charge in [0.2, 0.25) is 0 Å². The van der Waals surface area contributed by atoms with Crippen molar-refractivity contribution in [1.29, 1.82) is 0 Å². The van der Waals surface area contributed by atoms with E-state index in [1.165, 1.54) is 6.07 Å². The van der Waals surface area contributed by atoms with Gasteiger partial charge in [0.15, 0.2) is 0 Å². The standard InChI is InChI=1S/C17H20FNO/c1-11-5-7-14(16(9-11)20-4)17(19-3)13-6-8-15(18)12(2)10-13/h5-10,17,19H,1-4H3. The number of methoxy groups -OCH3 is 1. The third kappa shape index (κ3) is 2.83. The summed E-state index contributed by atoms with van der Waals surface area (Å²) in [6.45, 7) is 3.81. The van der Waals surface area contributed by atoms with E-state index in [9.17, 15) is 4.39 Å². The Hall–Kier alpha value is -1.87. The van der Waals surface area contributed by atoms with Gasteiger partial charge in [0, 0.05) is 5.56 Å². The fourth-order valence-corrected chi connectivity index (χ4v) is 2.41. The summed E-state index contributed by atoms with van der Waals surface area (Å²) < 4.78 is 18.9. The van der Waals surface area contributed by atoms with Crippen LogP contribution in [-0.2, 0) is 0 Å². The lowest BCUT2D eigenvalue weighted by Gasteiger charge is -2.21. The highest BCUT2D eigenvalue weighted by Gasteiger charge is 2.17. The number of aryl methyl sites for hydroxylation is 2. The molecule has 1 unspecified atom stereocenters. The maximum Gasteiger partial charge on any atom is 0.126 e. The molecule has 0 aliphatic heterocycles. The van der Waals surface area contributed by atoms with Crippen LogP contribution in [0.25, 0.3) is 0 Å². The van der Waals surface area contributed by atoms with Crippen molar-refractivity contribution in [2.45, 2.75) is 19.9 Å². The van der Waals surface area contributed by atoms with Gasteiger partial charge in [0.25, 0.3) is 0 Å². The first-order chi connectivity index (χ1) is 9.56. The van der Waals surface area contributed by atoms with Crippen LogP contribution in [0.1, 0.15) is 28.3 Å². The van der Waals surface area contributed by atoms with Crippen LogP contribution in [0.5, 0.6) is 5.75 Å². The smallest absolute Gasteiger partial charge is 0.126 e. The first-order valence-electron chi connectivity index (χ1n) is 6.64. The molecular weight excluding hydrogens is 253 g/mol. The molecule has 1 N–H and O–H groups in total. The third-order valence-corrected chi connectivity index (χ3v) is 3.50. The molecule has 0 spiro atoms. The summed E-state index contributed by atoms with van der Waals surface area (Å²) in [4.78, 5) is 0. The molecule has 0 fully saturated rings. The van der Waals surface area contributed by atoms with E-state index < -0.39 is 0 Å². The molecule has 0 heterocycles. The number of rotatable bonds is 4. The van der Waals surface area contributed by atoms with Crippen molar-refractivity contribution in [1.82, 2.24) is 5.32 Å². The highest BCUT2D eigenvalue weighted by atomic mass is 19.1. The largest absolute Gasteiger partial charge is 0.496 e. The zero-order valence-corrected chi connectivity index (χ0v) is 12.3. The summed E-state index contributed by atoms with van der Waals surface area (Å²) in [5.74, 6) is 0.658. The Morgan fingerprint density at radius 3 is 2.45 bits per heavy atom. The number of hydrogen-bond acceptors (Lipinski definition) is 2. The Labute approximate surface area is 119 Å². The summed E-state index contributed by atoms with van der Waals surface area (Å²) >= 11 is 0. The van der Waals surface area contributed by atoms with Crippen LogP contribution in [0.4, 0.5) is 4.39 Å². The number of benzene rings is 2. The monoisotopic (exact) mass is 273 g/mol. The minimum absolute atomic E-state index is 0.0233. The van der Waals surface area contributed by atoms with Crippen LogP contribution in [0.3, 0.4) is 0 Å². The molecule has 0 aliphatic rings. The van der Waals surface area contributed by atoms with Crippen molar-refractivity contribution in [3.8, 4) is 5.75 Å². The Morgan fingerprint density at radius 1 is 1.10 bits per heavy atom. The second-order valence-electron chi connectivity index (χ2n) is 4.98. The summed E-state index contributed by atoms with van der Waals surface area (Å²) in [7, 11) is 3.56. The summed E-state index contributed by atoms with van der Waals surface area (Å²) in [5, 5.41) is 3.27. The number of ether oxygens (including phenoxy) is 1. The predicted octanol–water partition coefficient (Wildman–Crippen LogP) is 3.76. The molecule has 0 aromatic heterocycles. The summed E-state index contributed by atoms with van der Waals surface area (Å²) in [6.07, 6.45) is 0.